The van der Waals surface area contributed by atoms with E-state index in [2.05, 4.69) is 5.32 Å². The van der Waals surface area contributed by atoms with Crippen molar-refractivity contribution in [1.29, 1.82) is 0 Å². The molecule has 0 radical (unpaired) electrons. The number of anilines is 2. The second-order valence-electron chi connectivity index (χ2n) is 7.22. The highest BCUT2D eigenvalue weighted by molar-refractivity contribution is 7.13. The number of hydrogen-bond acceptors (Lipinski definition) is 5. The normalized spacial score (nSPS) is 10.5. The van der Waals surface area contributed by atoms with Gasteiger partial charge >= 0.3 is 5.97 Å². The maximum atomic E-state index is 12.7. The van der Waals surface area contributed by atoms with Crippen LogP contribution in [-0.4, -0.2) is 11.9 Å². The summed E-state index contributed by atoms with van der Waals surface area (Å²) in [6, 6.07) is 25.8. The zero-order chi connectivity index (χ0) is 22.3. The predicted molar refractivity (Wildman–Crippen MR) is 129 cm³/mol. The van der Waals surface area contributed by atoms with Crippen molar-refractivity contribution in [1.82, 2.24) is 0 Å². The lowest BCUT2D eigenvalue weighted by molar-refractivity contribution is -0.134. The van der Waals surface area contributed by atoms with Crippen LogP contribution in [0.15, 0.2) is 90.3 Å². The Morgan fingerprint density at radius 3 is 2.41 bits per heavy atom. The average Bonchev–Trinajstić information content (AvgIpc) is 3.35. The zero-order valence-corrected chi connectivity index (χ0v) is 18.1. The Hall–Kier alpha value is -3.90. The van der Waals surface area contributed by atoms with Crippen molar-refractivity contribution in [3.63, 3.8) is 0 Å². The molecule has 160 valence electrons. The van der Waals surface area contributed by atoms with E-state index in [1.807, 2.05) is 60.0 Å². The Morgan fingerprint density at radius 2 is 1.69 bits per heavy atom. The van der Waals surface area contributed by atoms with Crippen molar-refractivity contribution >= 4 is 34.6 Å². The van der Waals surface area contributed by atoms with Crippen molar-refractivity contribution in [2.45, 2.75) is 12.8 Å². The van der Waals surface area contributed by atoms with Crippen molar-refractivity contribution in [2.24, 2.45) is 0 Å². The molecule has 32 heavy (non-hydrogen) atoms. The number of rotatable bonds is 7. The van der Waals surface area contributed by atoms with Gasteiger partial charge in [0, 0.05) is 16.9 Å². The summed E-state index contributed by atoms with van der Waals surface area (Å²) in [4.78, 5) is 25.8. The number of thiophene rings is 1. The van der Waals surface area contributed by atoms with E-state index >= 15 is 0 Å². The molecule has 0 spiro atoms. The standard InChI is InChI=1S/C26H22N2O3S/c27-22-14-13-20(24-7-4-16-32-24)17-23(22)28-26(30)19-11-8-18(9-12-19)10-15-25(29)31-21-5-2-1-3-6-21/h1-9,11-14,16-17H,10,15,27H2,(H,28,30). The Balaban J connectivity index is 1.35. The summed E-state index contributed by atoms with van der Waals surface area (Å²) >= 11 is 1.63. The number of ether oxygens (including phenoxy) is 1. The maximum absolute atomic E-state index is 12.7. The number of carbonyl (C=O) groups excluding carboxylic acids is 2. The Labute approximate surface area is 190 Å². The van der Waals surface area contributed by atoms with Crippen molar-refractivity contribution in [3.05, 3.63) is 101 Å². The van der Waals surface area contributed by atoms with E-state index in [-0.39, 0.29) is 18.3 Å². The van der Waals surface area contributed by atoms with Gasteiger partial charge in [-0.15, -0.1) is 11.3 Å². The SMILES string of the molecule is Nc1ccc(-c2cccs2)cc1NC(=O)c1ccc(CCC(=O)Oc2ccccc2)cc1. The van der Waals surface area contributed by atoms with Crippen LogP contribution < -0.4 is 15.8 Å². The van der Waals surface area contributed by atoms with Crippen LogP contribution in [0.5, 0.6) is 5.75 Å². The lowest BCUT2D eigenvalue weighted by atomic mass is 10.1. The van der Waals surface area contributed by atoms with E-state index in [9.17, 15) is 9.59 Å². The van der Waals surface area contributed by atoms with Crippen LogP contribution in [-0.2, 0) is 11.2 Å². The zero-order valence-electron chi connectivity index (χ0n) is 17.3. The van der Waals surface area contributed by atoms with E-state index in [4.69, 9.17) is 10.5 Å². The van der Waals surface area contributed by atoms with Crippen LogP contribution in [0, 0.1) is 0 Å². The van der Waals surface area contributed by atoms with Gasteiger partial charge in [-0.1, -0.05) is 42.5 Å². The van der Waals surface area contributed by atoms with Crippen LogP contribution in [0.4, 0.5) is 11.4 Å². The number of nitrogens with one attached hydrogen (secondary N) is 1. The van der Waals surface area contributed by atoms with E-state index in [1.54, 1.807) is 41.7 Å². The Bertz CT molecular complexity index is 1200. The van der Waals surface area contributed by atoms with Crippen LogP contribution in [0.1, 0.15) is 22.3 Å². The lowest BCUT2D eigenvalue weighted by Gasteiger charge is -2.10. The first-order valence-electron chi connectivity index (χ1n) is 10.2. The molecule has 0 saturated heterocycles. The molecule has 1 amide bonds. The monoisotopic (exact) mass is 442 g/mol. The molecule has 0 atom stereocenters. The smallest absolute Gasteiger partial charge is 0.311 e. The van der Waals surface area contributed by atoms with Gasteiger partial charge in [-0.2, -0.15) is 0 Å². The highest BCUT2D eigenvalue weighted by atomic mass is 32.1. The van der Waals surface area contributed by atoms with E-state index in [0.717, 1.165) is 16.0 Å². The molecule has 0 aliphatic rings. The number of nitrogens with two attached hydrogens (primary N) is 1. The minimum atomic E-state index is -0.292. The van der Waals surface area contributed by atoms with E-state index < -0.39 is 0 Å². The van der Waals surface area contributed by atoms with Gasteiger partial charge in [-0.25, -0.2) is 0 Å². The van der Waals surface area contributed by atoms with Gasteiger partial charge < -0.3 is 15.8 Å². The molecule has 3 N–H and O–H groups in total. The molecule has 0 bridgehead atoms. The fraction of sp³-hybridized carbons (Fsp3) is 0.0769. The number of aryl methyl sites for hydroxylation is 1. The van der Waals surface area contributed by atoms with Crippen LogP contribution in [0.25, 0.3) is 10.4 Å². The first-order valence-corrected chi connectivity index (χ1v) is 11.1. The summed E-state index contributed by atoms with van der Waals surface area (Å²) in [5, 5.41) is 4.90. The van der Waals surface area contributed by atoms with Crippen LogP contribution in [0.2, 0.25) is 0 Å². The summed E-state index contributed by atoms with van der Waals surface area (Å²) in [6.45, 7) is 0. The summed E-state index contributed by atoms with van der Waals surface area (Å²) in [5.74, 6) is 0.00104. The number of benzene rings is 3. The fourth-order valence-electron chi connectivity index (χ4n) is 3.20. The molecule has 0 saturated carbocycles. The minimum absolute atomic E-state index is 0.241. The first-order chi connectivity index (χ1) is 15.6. The molecule has 0 aliphatic heterocycles. The molecule has 5 nitrogen and oxygen atoms in total. The molecule has 4 aromatic rings. The average molecular weight is 443 g/mol. The third-order valence-electron chi connectivity index (χ3n) is 4.92. The fourth-order valence-corrected chi connectivity index (χ4v) is 3.92. The number of amides is 1. The molecule has 0 fully saturated rings. The van der Waals surface area contributed by atoms with Crippen molar-refractivity contribution < 1.29 is 14.3 Å². The van der Waals surface area contributed by atoms with Gasteiger partial charge in [0.2, 0.25) is 0 Å². The number of para-hydroxylation sites is 1. The van der Waals surface area contributed by atoms with Gasteiger partial charge in [0.05, 0.1) is 11.4 Å². The van der Waals surface area contributed by atoms with E-state index in [0.29, 0.717) is 29.1 Å². The summed E-state index contributed by atoms with van der Waals surface area (Å²) in [7, 11) is 0. The summed E-state index contributed by atoms with van der Waals surface area (Å²) in [6.07, 6.45) is 0.788. The molecule has 0 aliphatic carbocycles. The summed E-state index contributed by atoms with van der Waals surface area (Å²) < 4.78 is 5.30. The Morgan fingerprint density at radius 1 is 0.906 bits per heavy atom. The predicted octanol–water partition coefficient (Wildman–Crippen LogP) is 5.79. The molecular weight excluding hydrogens is 420 g/mol. The third kappa shape index (κ3) is 5.42. The number of esters is 1. The van der Waals surface area contributed by atoms with Crippen LogP contribution in [0.3, 0.4) is 0 Å². The van der Waals surface area contributed by atoms with Gasteiger partial charge in [-0.05, 0) is 65.4 Å². The largest absolute Gasteiger partial charge is 0.427 e. The second-order valence-corrected chi connectivity index (χ2v) is 8.17. The molecule has 3 aromatic carbocycles. The lowest BCUT2D eigenvalue weighted by Crippen LogP contribution is -2.13. The van der Waals surface area contributed by atoms with Crippen molar-refractivity contribution in [3.8, 4) is 16.2 Å². The summed E-state index contributed by atoms with van der Waals surface area (Å²) in [5.41, 5.74) is 9.61. The molecule has 4 rings (SSSR count). The highest BCUT2D eigenvalue weighted by Gasteiger charge is 2.11. The topological polar surface area (TPSA) is 81.4 Å². The van der Waals surface area contributed by atoms with E-state index in [1.165, 1.54) is 0 Å². The molecular formula is C26H22N2O3S. The van der Waals surface area contributed by atoms with Gasteiger partial charge in [0.1, 0.15) is 5.75 Å². The maximum Gasteiger partial charge on any atom is 0.311 e. The van der Waals surface area contributed by atoms with Gasteiger partial charge in [-0.3, -0.25) is 9.59 Å². The van der Waals surface area contributed by atoms with Crippen LogP contribution >= 0.6 is 11.3 Å². The first kappa shape index (κ1) is 21.3. The third-order valence-corrected chi connectivity index (χ3v) is 5.83. The van der Waals surface area contributed by atoms with Crippen molar-refractivity contribution in [2.75, 3.05) is 11.1 Å². The number of nitrogen functional groups attached to an aromatic ring is 1. The quantitative estimate of drug-likeness (QED) is 0.216. The molecule has 1 aromatic heterocycles. The molecule has 0 unspecified atom stereocenters. The van der Waals surface area contributed by atoms with Gasteiger partial charge in [0.15, 0.2) is 0 Å². The second kappa shape index (κ2) is 9.94. The van der Waals surface area contributed by atoms with Gasteiger partial charge in [0.25, 0.3) is 5.91 Å². The Kier molecular flexibility index (Phi) is 6.63. The number of carbonyl (C=O) groups is 2. The molecule has 6 heteroatoms. The minimum Gasteiger partial charge on any atom is -0.427 e. The molecule has 1 heterocycles. The number of hydrogen-bond donors (Lipinski definition) is 2. The highest BCUT2D eigenvalue weighted by Crippen LogP contribution is 2.30.